The molecule has 1 aliphatic rings. The summed E-state index contributed by atoms with van der Waals surface area (Å²) in [5.74, 6) is 0.747. The predicted molar refractivity (Wildman–Crippen MR) is 109 cm³/mol. The summed E-state index contributed by atoms with van der Waals surface area (Å²) >= 11 is 7.62. The van der Waals surface area contributed by atoms with Gasteiger partial charge in [0.05, 0.1) is 17.5 Å². The Balaban J connectivity index is 1.58. The molecule has 0 bridgehead atoms. The number of benzene rings is 1. The van der Waals surface area contributed by atoms with Gasteiger partial charge in [-0.1, -0.05) is 23.7 Å². The zero-order valence-electron chi connectivity index (χ0n) is 15.5. The molecule has 3 aromatic rings. The molecule has 0 aliphatic heterocycles. The maximum absolute atomic E-state index is 12.9. The van der Waals surface area contributed by atoms with Gasteiger partial charge >= 0.3 is 0 Å². The van der Waals surface area contributed by atoms with Crippen molar-refractivity contribution in [3.8, 4) is 5.75 Å². The molecule has 0 saturated carbocycles. The minimum Gasteiger partial charge on any atom is -0.495 e. The summed E-state index contributed by atoms with van der Waals surface area (Å²) in [7, 11) is 1.52. The summed E-state index contributed by atoms with van der Waals surface area (Å²) in [6.07, 6.45) is 2.89. The fraction of sp³-hybridized carbons (Fsp3) is 0.368. The number of nitrogens with zero attached hydrogens (tertiary/aromatic N) is 3. The third kappa shape index (κ3) is 3.49. The van der Waals surface area contributed by atoms with Crippen molar-refractivity contribution in [2.24, 2.45) is 5.92 Å². The molecule has 1 atom stereocenters. The molecule has 1 aliphatic carbocycles. The number of methoxy groups -OCH3 is 1. The Bertz CT molecular complexity index is 1120. The maximum atomic E-state index is 12.9. The van der Waals surface area contributed by atoms with E-state index in [-0.39, 0.29) is 18.0 Å². The lowest BCUT2D eigenvalue weighted by Crippen LogP contribution is -2.30. The Morgan fingerprint density at radius 1 is 1.46 bits per heavy atom. The summed E-state index contributed by atoms with van der Waals surface area (Å²) in [6.45, 7) is 2.00. The molecule has 7 nitrogen and oxygen atoms in total. The first-order valence-corrected chi connectivity index (χ1v) is 10.2. The van der Waals surface area contributed by atoms with Gasteiger partial charge in [-0.3, -0.25) is 9.59 Å². The summed E-state index contributed by atoms with van der Waals surface area (Å²) in [4.78, 5) is 27.2. The van der Waals surface area contributed by atoms with Crippen molar-refractivity contribution < 1.29 is 9.53 Å². The van der Waals surface area contributed by atoms with Crippen LogP contribution >= 0.6 is 22.9 Å². The number of carbonyl (C=O) groups is 1. The molecule has 0 unspecified atom stereocenters. The quantitative estimate of drug-likeness (QED) is 0.702. The van der Waals surface area contributed by atoms with E-state index in [2.05, 4.69) is 22.6 Å². The molecule has 1 aromatic carbocycles. The highest BCUT2D eigenvalue weighted by Gasteiger charge is 2.24. The number of halogens is 1. The van der Waals surface area contributed by atoms with E-state index in [0.29, 0.717) is 32.6 Å². The van der Waals surface area contributed by atoms with Gasteiger partial charge < -0.3 is 10.1 Å². The highest BCUT2D eigenvalue weighted by Crippen LogP contribution is 2.35. The van der Waals surface area contributed by atoms with Gasteiger partial charge in [0.25, 0.3) is 5.56 Å². The Morgan fingerprint density at radius 2 is 2.29 bits per heavy atom. The van der Waals surface area contributed by atoms with Gasteiger partial charge in [0.15, 0.2) is 4.83 Å². The molecular weight excluding hydrogens is 400 g/mol. The van der Waals surface area contributed by atoms with Gasteiger partial charge in [0.1, 0.15) is 12.3 Å². The molecule has 2 heterocycles. The molecule has 9 heteroatoms. The van der Waals surface area contributed by atoms with E-state index >= 15 is 0 Å². The van der Waals surface area contributed by atoms with Crippen molar-refractivity contribution >= 4 is 44.7 Å². The van der Waals surface area contributed by atoms with Crippen molar-refractivity contribution in [3.05, 3.63) is 44.0 Å². The number of hydrogen-bond donors (Lipinski definition) is 1. The number of fused-ring (bicyclic) bond motifs is 3. The maximum Gasteiger partial charge on any atom is 0.279 e. The highest BCUT2D eigenvalue weighted by atomic mass is 35.5. The van der Waals surface area contributed by atoms with E-state index in [4.69, 9.17) is 16.3 Å². The molecule has 1 amide bonds. The van der Waals surface area contributed by atoms with E-state index in [1.807, 2.05) is 0 Å². The normalized spacial score (nSPS) is 16.0. The summed E-state index contributed by atoms with van der Waals surface area (Å²) in [6, 6.07) is 4.93. The monoisotopic (exact) mass is 418 g/mol. The van der Waals surface area contributed by atoms with Crippen LogP contribution in [0.25, 0.3) is 10.2 Å². The van der Waals surface area contributed by atoms with Crippen molar-refractivity contribution in [1.29, 1.82) is 0 Å². The van der Waals surface area contributed by atoms with Gasteiger partial charge in [0, 0.05) is 10.6 Å². The number of carbonyl (C=O) groups excluding carboxylic acids is 1. The molecule has 0 fully saturated rings. The van der Waals surface area contributed by atoms with Crippen LogP contribution in [0.5, 0.6) is 5.75 Å². The average molecular weight is 419 g/mol. The fourth-order valence-corrected chi connectivity index (χ4v) is 5.05. The minimum atomic E-state index is -0.380. The lowest BCUT2D eigenvalue weighted by atomic mass is 9.89. The molecule has 2 aromatic heterocycles. The van der Waals surface area contributed by atoms with Gasteiger partial charge in [-0.2, -0.15) is 0 Å². The van der Waals surface area contributed by atoms with Crippen molar-refractivity contribution in [2.45, 2.75) is 32.7 Å². The molecule has 0 spiro atoms. The third-order valence-corrected chi connectivity index (χ3v) is 6.35. The minimum absolute atomic E-state index is 0.216. The van der Waals surface area contributed by atoms with Gasteiger partial charge in [-0.25, -0.2) is 4.68 Å². The second-order valence-electron chi connectivity index (χ2n) is 6.98. The van der Waals surface area contributed by atoms with Crippen LogP contribution in [0.4, 0.5) is 5.69 Å². The Hall–Kier alpha value is -2.45. The van der Waals surface area contributed by atoms with E-state index in [9.17, 15) is 9.59 Å². The van der Waals surface area contributed by atoms with E-state index in [0.717, 1.165) is 29.5 Å². The van der Waals surface area contributed by atoms with Crippen LogP contribution in [-0.4, -0.2) is 28.0 Å². The molecule has 146 valence electrons. The van der Waals surface area contributed by atoms with Crippen LogP contribution < -0.4 is 15.6 Å². The zero-order chi connectivity index (χ0) is 19.8. The Morgan fingerprint density at radius 3 is 3.04 bits per heavy atom. The fourth-order valence-electron chi connectivity index (χ4n) is 3.48. The lowest BCUT2D eigenvalue weighted by molar-refractivity contribution is -0.117. The number of aromatic nitrogens is 3. The summed E-state index contributed by atoms with van der Waals surface area (Å²) in [5, 5.41) is 11.9. The molecular formula is C19H19ClN4O3S. The van der Waals surface area contributed by atoms with Crippen LogP contribution in [0.3, 0.4) is 0 Å². The van der Waals surface area contributed by atoms with E-state index in [1.165, 1.54) is 23.3 Å². The van der Waals surface area contributed by atoms with Crippen LogP contribution in [0.2, 0.25) is 5.02 Å². The van der Waals surface area contributed by atoms with E-state index < -0.39 is 0 Å². The number of hydrogen-bond acceptors (Lipinski definition) is 6. The largest absolute Gasteiger partial charge is 0.495 e. The molecule has 1 N–H and O–H groups in total. The Kier molecular flexibility index (Phi) is 5.07. The smallest absolute Gasteiger partial charge is 0.279 e. The van der Waals surface area contributed by atoms with Crippen molar-refractivity contribution in [2.75, 3.05) is 12.4 Å². The highest BCUT2D eigenvalue weighted by molar-refractivity contribution is 7.18. The number of amides is 1. The van der Waals surface area contributed by atoms with Gasteiger partial charge in [0.2, 0.25) is 5.91 Å². The number of nitrogens with one attached hydrogen (secondary N) is 1. The molecule has 0 radical (unpaired) electrons. The van der Waals surface area contributed by atoms with Gasteiger partial charge in [-0.15, -0.1) is 16.4 Å². The zero-order valence-corrected chi connectivity index (χ0v) is 17.1. The predicted octanol–water partition coefficient (Wildman–Crippen LogP) is 3.28. The summed E-state index contributed by atoms with van der Waals surface area (Å²) in [5.41, 5.74) is 1.33. The second-order valence-corrected chi connectivity index (χ2v) is 8.47. The van der Waals surface area contributed by atoms with Crippen molar-refractivity contribution in [3.63, 3.8) is 0 Å². The first kappa shape index (κ1) is 18.9. The number of rotatable bonds is 4. The first-order valence-electron chi connectivity index (χ1n) is 8.97. The van der Waals surface area contributed by atoms with E-state index in [1.54, 1.807) is 18.2 Å². The lowest BCUT2D eigenvalue weighted by Gasteiger charge is -2.17. The number of anilines is 1. The Labute approximate surface area is 170 Å². The standard InChI is InChI=1S/C19H19ClN4O3S/c1-10-3-5-12-15(7-10)28-18-17(12)19(26)24(23-22-18)9-16(25)21-11-4-6-14(27-2)13(20)8-11/h4,6,8,10H,3,5,7,9H2,1-2H3,(H,21,25)/t10-/m0/s1. The third-order valence-electron chi connectivity index (χ3n) is 4.91. The first-order chi connectivity index (χ1) is 13.5. The number of thiophene rings is 1. The van der Waals surface area contributed by atoms with Crippen LogP contribution in [0, 0.1) is 5.92 Å². The second kappa shape index (κ2) is 7.52. The van der Waals surface area contributed by atoms with Gasteiger partial charge in [-0.05, 0) is 48.9 Å². The van der Waals surface area contributed by atoms with Crippen LogP contribution in [-0.2, 0) is 24.2 Å². The van der Waals surface area contributed by atoms with Crippen molar-refractivity contribution in [1.82, 2.24) is 15.0 Å². The number of aryl methyl sites for hydroxylation is 1. The molecule has 28 heavy (non-hydrogen) atoms. The van der Waals surface area contributed by atoms with Crippen LogP contribution in [0.15, 0.2) is 23.0 Å². The SMILES string of the molecule is COc1ccc(NC(=O)Cn2nnc3sc4c(c3c2=O)CC[C@H](C)C4)cc1Cl. The topological polar surface area (TPSA) is 86.1 Å². The van der Waals surface area contributed by atoms with Crippen LogP contribution in [0.1, 0.15) is 23.8 Å². The average Bonchev–Trinajstić information content (AvgIpc) is 3.02. The molecule has 4 rings (SSSR count). The number of ether oxygens (including phenoxy) is 1. The molecule has 0 saturated heterocycles. The summed E-state index contributed by atoms with van der Waals surface area (Å²) < 4.78 is 6.21.